The van der Waals surface area contributed by atoms with Gasteiger partial charge in [-0.25, -0.2) is 4.98 Å². The lowest BCUT2D eigenvalue weighted by atomic mass is 9.83. The summed E-state index contributed by atoms with van der Waals surface area (Å²) >= 11 is 0. The second-order valence-electron chi connectivity index (χ2n) is 8.30. The molecule has 2 fully saturated rings. The van der Waals surface area contributed by atoms with Crippen LogP contribution in [0.2, 0.25) is 0 Å². The third-order valence-corrected chi connectivity index (χ3v) is 6.41. The molecule has 2 aromatic rings. The van der Waals surface area contributed by atoms with Crippen LogP contribution in [-0.2, 0) is 18.3 Å². The Morgan fingerprint density at radius 2 is 1.93 bits per heavy atom. The fraction of sp³-hybridized carbons (Fsp3) is 0.600. The summed E-state index contributed by atoms with van der Waals surface area (Å²) in [5.74, 6) is 0.924. The molecular weight excluding hydrogens is 356 g/mol. The number of likely N-dealkylation sites (tertiary alicyclic amines) is 1. The van der Waals surface area contributed by atoms with Gasteiger partial charge in [-0.1, -0.05) is 0 Å². The van der Waals surface area contributed by atoms with Gasteiger partial charge in [0.25, 0.3) is 5.91 Å². The van der Waals surface area contributed by atoms with Crippen LogP contribution in [0.3, 0.4) is 0 Å². The lowest BCUT2D eigenvalue weighted by Gasteiger charge is -2.43. The summed E-state index contributed by atoms with van der Waals surface area (Å²) in [5.41, 5.74) is 2.75. The Bertz CT molecular complexity index is 890. The van der Waals surface area contributed by atoms with Crippen molar-refractivity contribution in [1.82, 2.24) is 29.5 Å². The third kappa shape index (κ3) is 3.00. The molecule has 2 amide bonds. The maximum Gasteiger partial charge on any atom is 0.257 e. The Morgan fingerprint density at radius 1 is 1.14 bits per heavy atom. The predicted octanol–water partition coefficient (Wildman–Crippen LogP) is 1.53. The van der Waals surface area contributed by atoms with Crippen molar-refractivity contribution in [1.29, 1.82) is 0 Å². The average molecular weight is 382 g/mol. The monoisotopic (exact) mass is 382 g/mol. The molecule has 0 aromatic carbocycles. The van der Waals surface area contributed by atoms with Crippen LogP contribution in [-0.4, -0.2) is 61.0 Å². The van der Waals surface area contributed by atoms with Crippen molar-refractivity contribution < 1.29 is 9.59 Å². The van der Waals surface area contributed by atoms with Crippen molar-refractivity contribution in [3.05, 3.63) is 35.7 Å². The van der Waals surface area contributed by atoms with Crippen LogP contribution < -0.4 is 0 Å². The van der Waals surface area contributed by atoms with Gasteiger partial charge in [-0.05, 0) is 31.6 Å². The number of aryl methyl sites for hydroxylation is 1. The molecular formula is C20H26N6O2. The summed E-state index contributed by atoms with van der Waals surface area (Å²) in [6, 6.07) is -0.0408. The number of imidazole rings is 1. The predicted molar refractivity (Wildman–Crippen MR) is 101 cm³/mol. The number of carbonyl (C=O) groups is 2. The normalized spacial score (nSPS) is 23.0. The first-order valence-corrected chi connectivity index (χ1v) is 10.2. The van der Waals surface area contributed by atoms with Crippen molar-refractivity contribution in [3.63, 3.8) is 0 Å². The second-order valence-corrected chi connectivity index (χ2v) is 8.30. The van der Waals surface area contributed by atoms with E-state index in [0.29, 0.717) is 23.9 Å². The van der Waals surface area contributed by atoms with Crippen LogP contribution in [0.15, 0.2) is 18.7 Å². The summed E-state index contributed by atoms with van der Waals surface area (Å²) in [7, 11) is 1.82. The van der Waals surface area contributed by atoms with Gasteiger partial charge in [-0.3, -0.25) is 14.3 Å². The number of piperidine rings is 1. The molecule has 8 heteroatoms. The number of rotatable bonds is 3. The molecule has 3 aliphatic rings. The van der Waals surface area contributed by atoms with E-state index >= 15 is 0 Å². The number of H-pyrrole nitrogens is 1. The van der Waals surface area contributed by atoms with Crippen molar-refractivity contribution >= 4 is 11.8 Å². The fourth-order valence-corrected chi connectivity index (χ4v) is 4.73. The lowest BCUT2D eigenvalue weighted by Crippen LogP contribution is -2.47. The Balaban J connectivity index is 1.38. The van der Waals surface area contributed by atoms with Crippen LogP contribution >= 0.6 is 0 Å². The minimum absolute atomic E-state index is 0.0169. The Morgan fingerprint density at radius 3 is 2.61 bits per heavy atom. The van der Waals surface area contributed by atoms with Gasteiger partial charge < -0.3 is 14.8 Å². The second kappa shape index (κ2) is 6.76. The molecule has 1 saturated carbocycles. The SMILES string of the molecule is Cn1cc(C(=O)N2CCc3[nH]cnc3C2C2CCN(C(=O)C3CC3)CC2)cn1. The van der Waals surface area contributed by atoms with Gasteiger partial charge in [0.1, 0.15) is 0 Å². The van der Waals surface area contributed by atoms with Crippen molar-refractivity contribution in [2.75, 3.05) is 19.6 Å². The van der Waals surface area contributed by atoms with E-state index in [2.05, 4.69) is 15.1 Å². The number of amides is 2. The summed E-state index contributed by atoms with van der Waals surface area (Å²) in [5, 5.41) is 4.16. The average Bonchev–Trinajstić information content (AvgIpc) is 3.30. The van der Waals surface area contributed by atoms with E-state index in [0.717, 1.165) is 56.6 Å². The topological polar surface area (TPSA) is 87.1 Å². The molecule has 1 atom stereocenters. The summed E-state index contributed by atoms with van der Waals surface area (Å²) in [4.78, 5) is 37.5. The van der Waals surface area contributed by atoms with Gasteiger partial charge in [0.2, 0.25) is 5.91 Å². The molecule has 5 rings (SSSR count). The molecule has 2 aliphatic heterocycles. The number of nitrogens with zero attached hydrogens (tertiary/aromatic N) is 5. The van der Waals surface area contributed by atoms with E-state index in [1.165, 1.54) is 0 Å². The summed E-state index contributed by atoms with van der Waals surface area (Å²) in [6.07, 6.45) is 9.85. The highest BCUT2D eigenvalue weighted by molar-refractivity contribution is 5.94. The van der Waals surface area contributed by atoms with Crippen molar-refractivity contribution in [2.24, 2.45) is 18.9 Å². The molecule has 2 aromatic heterocycles. The quantitative estimate of drug-likeness (QED) is 0.872. The van der Waals surface area contributed by atoms with Crippen LogP contribution in [0.1, 0.15) is 53.5 Å². The Labute approximate surface area is 163 Å². The molecule has 0 radical (unpaired) electrons. The van der Waals surface area contributed by atoms with E-state index in [1.807, 2.05) is 16.8 Å². The standard InChI is InChI=1S/C20H26N6O2/c1-24-11-15(10-23-24)20(28)26-9-6-16-17(22-12-21-16)18(26)13-4-7-25(8-5-13)19(27)14-2-3-14/h10-14,18H,2-9H2,1H3,(H,21,22). The molecule has 0 spiro atoms. The minimum atomic E-state index is -0.0408. The highest BCUT2D eigenvalue weighted by Gasteiger charge is 2.41. The van der Waals surface area contributed by atoms with Crippen LogP contribution in [0.4, 0.5) is 0 Å². The van der Waals surface area contributed by atoms with E-state index in [9.17, 15) is 9.59 Å². The number of aromatic nitrogens is 4. The molecule has 1 aliphatic carbocycles. The zero-order valence-electron chi connectivity index (χ0n) is 16.2. The van der Waals surface area contributed by atoms with Gasteiger partial charge in [0, 0.05) is 50.9 Å². The summed E-state index contributed by atoms with van der Waals surface area (Å²) in [6.45, 7) is 2.24. The third-order valence-electron chi connectivity index (χ3n) is 6.41. The smallest absolute Gasteiger partial charge is 0.257 e. The lowest BCUT2D eigenvalue weighted by molar-refractivity contribution is -0.134. The minimum Gasteiger partial charge on any atom is -0.348 e. The maximum absolute atomic E-state index is 13.2. The van der Waals surface area contributed by atoms with Gasteiger partial charge >= 0.3 is 0 Å². The number of carbonyl (C=O) groups excluding carboxylic acids is 2. The molecule has 148 valence electrons. The molecule has 0 bridgehead atoms. The molecule has 1 unspecified atom stereocenters. The van der Waals surface area contributed by atoms with Gasteiger partial charge in [-0.2, -0.15) is 5.10 Å². The highest BCUT2D eigenvalue weighted by Crippen LogP contribution is 2.40. The van der Waals surface area contributed by atoms with E-state index < -0.39 is 0 Å². The van der Waals surface area contributed by atoms with Gasteiger partial charge in [-0.15, -0.1) is 0 Å². The number of hydrogen-bond acceptors (Lipinski definition) is 4. The van der Waals surface area contributed by atoms with E-state index in [-0.39, 0.29) is 17.9 Å². The molecule has 1 saturated heterocycles. The maximum atomic E-state index is 13.2. The van der Waals surface area contributed by atoms with Crippen molar-refractivity contribution in [3.8, 4) is 0 Å². The molecule has 1 N–H and O–H groups in total. The number of hydrogen-bond donors (Lipinski definition) is 1. The Kier molecular flexibility index (Phi) is 4.21. The summed E-state index contributed by atoms with van der Waals surface area (Å²) < 4.78 is 1.66. The molecule has 4 heterocycles. The number of aromatic amines is 1. The van der Waals surface area contributed by atoms with Crippen molar-refractivity contribution in [2.45, 2.75) is 38.1 Å². The van der Waals surface area contributed by atoms with E-state index in [1.54, 1.807) is 23.4 Å². The zero-order chi connectivity index (χ0) is 19.3. The zero-order valence-corrected chi connectivity index (χ0v) is 16.2. The van der Waals surface area contributed by atoms with Crippen LogP contribution in [0.5, 0.6) is 0 Å². The van der Waals surface area contributed by atoms with Crippen LogP contribution in [0, 0.1) is 11.8 Å². The van der Waals surface area contributed by atoms with Gasteiger partial charge in [0.15, 0.2) is 0 Å². The molecule has 8 nitrogen and oxygen atoms in total. The largest absolute Gasteiger partial charge is 0.348 e. The highest BCUT2D eigenvalue weighted by atomic mass is 16.2. The van der Waals surface area contributed by atoms with Crippen LogP contribution in [0.25, 0.3) is 0 Å². The first-order valence-electron chi connectivity index (χ1n) is 10.2. The fourth-order valence-electron chi connectivity index (χ4n) is 4.73. The first kappa shape index (κ1) is 17.5. The first-order chi connectivity index (χ1) is 13.6. The molecule has 28 heavy (non-hydrogen) atoms. The number of fused-ring (bicyclic) bond motifs is 1. The number of nitrogens with one attached hydrogen (secondary N) is 1. The Hall–Kier alpha value is -2.64. The van der Waals surface area contributed by atoms with Gasteiger partial charge in [0.05, 0.1) is 29.8 Å². The van der Waals surface area contributed by atoms with E-state index in [4.69, 9.17) is 0 Å².